The molecule has 0 rings (SSSR count). The van der Waals surface area contributed by atoms with Crippen molar-refractivity contribution in [1.82, 2.24) is 0 Å². The van der Waals surface area contributed by atoms with E-state index in [-0.39, 0.29) is 19.5 Å². The average molecular weight is 305 g/mol. The molecule has 8 nitrogen and oxygen atoms in total. The first-order chi connectivity index (χ1) is 4.00. The Hall–Kier alpha value is 0.382. The molecule has 0 spiro atoms. The van der Waals surface area contributed by atoms with Crippen LogP contribution in [0.1, 0.15) is 0 Å². The molecule has 0 aliphatic rings. The Kier molecular flexibility index (Phi) is 9.46. The Morgan fingerprint density at radius 3 is 0.636 bits per heavy atom. The first-order valence-corrected chi connectivity index (χ1v) is 5.21. The fraction of sp³-hybridized carbons (Fsp3) is 0. The van der Waals surface area contributed by atoms with E-state index in [4.69, 9.17) is 31.4 Å². The van der Waals surface area contributed by atoms with Crippen molar-refractivity contribution in [3.63, 3.8) is 0 Å². The van der Waals surface area contributed by atoms with E-state index < -0.39 is 25.9 Å². The standard InChI is InChI=1S/2Mn.2H2O.6O.Zn/h;;2*1H2;;;;;;;/q2*+1;;;;;;;;;/p-2. The second-order valence-corrected chi connectivity index (χ2v) is 3.27. The molecule has 0 heterocycles. The summed E-state index contributed by atoms with van der Waals surface area (Å²) in [7, 11) is 0. The van der Waals surface area contributed by atoms with Gasteiger partial charge in [0.2, 0.25) is 0 Å². The Balaban J connectivity index is -0.000000107. The summed E-state index contributed by atoms with van der Waals surface area (Å²) in [6, 6.07) is 0. The van der Waals surface area contributed by atoms with Crippen LogP contribution in [0.2, 0.25) is 0 Å². The van der Waals surface area contributed by atoms with Gasteiger partial charge in [-0.05, 0) is 0 Å². The Bertz CT molecular complexity index is 296. The van der Waals surface area contributed by atoms with Crippen LogP contribution >= 0.6 is 0 Å². The third-order valence-corrected chi connectivity index (χ3v) is 0. The van der Waals surface area contributed by atoms with Crippen molar-refractivity contribution in [2.75, 3.05) is 0 Å². The Morgan fingerprint density at radius 2 is 0.636 bits per heavy atom. The summed E-state index contributed by atoms with van der Waals surface area (Å²) in [6.07, 6.45) is 0. The van der Waals surface area contributed by atoms with Crippen LogP contribution in [0.25, 0.3) is 0 Å². The third-order valence-electron chi connectivity index (χ3n) is 0. The van der Waals surface area contributed by atoms with Gasteiger partial charge in [0.1, 0.15) is 0 Å². The molecule has 0 atom stereocenters. The Labute approximate surface area is 76.7 Å². The van der Waals surface area contributed by atoms with Crippen LogP contribution < -0.4 is 0 Å². The van der Waals surface area contributed by atoms with Crippen LogP contribution in [0.15, 0.2) is 0 Å². The second kappa shape index (κ2) is 5.96. The SMILES string of the molecule is [O]=[Mn](=[O])(=[O])[OH].[O]=[Mn](=[O])(=[O])[OH].[Zn]. The molecule has 11 heavy (non-hydrogen) atoms. The molecule has 0 aliphatic carbocycles. The predicted octanol–water partition coefficient (Wildman–Crippen LogP) is -1.83. The van der Waals surface area contributed by atoms with Gasteiger partial charge in [0.15, 0.2) is 0 Å². The first kappa shape index (κ1) is 17.5. The van der Waals surface area contributed by atoms with E-state index in [1.165, 1.54) is 0 Å². The van der Waals surface area contributed by atoms with E-state index in [0.717, 1.165) is 0 Å². The molecule has 0 aromatic heterocycles. The molecule has 11 heteroatoms. The van der Waals surface area contributed by atoms with Crippen molar-refractivity contribution in [3.8, 4) is 0 Å². The molecule has 0 saturated carbocycles. The molecule has 0 aromatic carbocycles. The van der Waals surface area contributed by atoms with Gasteiger partial charge in [0.05, 0.1) is 0 Å². The maximum Gasteiger partial charge on any atom is 0 e. The van der Waals surface area contributed by atoms with E-state index in [0.29, 0.717) is 0 Å². The summed E-state index contributed by atoms with van der Waals surface area (Å²) < 4.78 is 66.1. The molecule has 0 fully saturated rings. The minimum absolute atomic E-state index is 0. The number of rotatable bonds is 0. The van der Waals surface area contributed by atoms with Gasteiger partial charge < -0.3 is 0 Å². The van der Waals surface area contributed by atoms with E-state index in [1.807, 2.05) is 0 Å². The fourth-order valence-corrected chi connectivity index (χ4v) is 0. The molecule has 0 bridgehead atoms. The zero-order valence-electron chi connectivity index (χ0n) is 4.81. The summed E-state index contributed by atoms with van der Waals surface area (Å²) in [5.41, 5.74) is 0. The van der Waals surface area contributed by atoms with Crippen molar-refractivity contribution in [2.24, 2.45) is 0 Å². The summed E-state index contributed by atoms with van der Waals surface area (Å²) in [5, 5.41) is 0. The van der Waals surface area contributed by atoms with Crippen LogP contribution in [0.3, 0.4) is 0 Å². The van der Waals surface area contributed by atoms with Crippen LogP contribution in [0.4, 0.5) is 0 Å². The third kappa shape index (κ3) is 4990. The maximum absolute atomic E-state index is 8.69. The largest absolute Gasteiger partial charge is 0 e. The maximum atomic E-state index is 8.69. The van der Waals surface area contributed by atoms with Gasteiger partial charge in [0.25, 0.3) is 0 Å². The summed E-state index contributed by atoms with van der Waals surface area (Å²) >= 11 is -10.8. The van der Waals surface area contributed by atoms with E-state index >= 15 is 0 Å². The average Bonchev–Trinajstić information content (AvgIpc) is 1.12. The normalized spacial score (nSPS) is 10.4. The van der Waals surface area contributed by atoms with Gasteiger partial charge >= 0.3 is 57.3 Å². The van der Waals surface area contributed by atoms with Gasteiger partial charge in [0, 0.05) is 19.5 Å². The zero-order chi connectivity index (χ0) is 9.00. The quantitative estimate of drug-likeness (QED) is 0.497. The molecule has 0 unspecified atom stereocenters. The molecule has 0 saturated heterocycles. The molecule has 2 N–H and O–H groups in total. The van der Waals surface area contributed by atoms with Crippen LogP contribution in [0, 0.1) is 0 Å². The monoisotopic (exact) mass is 304 g/mol. The van der Waals surface area contributed by atoms with Crippen molar-refractivity contribution >= 4 is 0 Å². The molecule has 0 radical (unpaired) electrons. The molecule has 0 aliphatic heterocycles. The van der Waals surface area contributed by atoms with Gasteiger partial charge in [-0.15, -0.1) is 0 Å². The summed E-state index contributed by atoms with van der Waals surface area (Å²) in [6.45, 7) is 0. The minimum atomic E-state index is -5.38. The van der Waals surface area contributed by atoms with Crippen molar-refractivity contribution in [3.05, 3.63) is 0 Å². The van der Waals surface area contributed by atoms with Gasteiger partial charge in [-0.2, -0.15) is 0 Å². The van der Waals surface area contributed by atoms with Crippen LogP contribution in [-0.4, -0.2) is 8.38 Å². The molecule has 66 valence electrons. The summed E-state index contributed by atoms with van der Waals surface area (Å²) in [5.74, 6) is 0. The molecular weight excluding hydrogens is 303 g/mol. The fourth-order valence-electron chi connectivity index (χ4n) is 0. The van der Waals surface area contributed by atoms with E-state index in [9.17, 15) is 0 Å². The van der Waals surface area contributed by atoms with E-state index in [2.05, 4.69) is 0 Å². The molecule has 0 amide bonds. The van der Waals surface area contributed by atoms with Crippen LogP contribution in [0.5, 0.6) is 0 Å². The van der Waals surface area contributed by atoms with Crippen molar-refractivity contribution in [1.29, 1.82) is 0 Å². The minimum Gasteiger partial charge on any atom is 0 e. The van der Waals surface area contributed by atoms with Gasteiger partial charge in [-0.25, -0.2) is 0 Å². The van der Waals surface area contributed by atoms with E-state index in [1.54, 1.807) is 0 Å². The molecule has 0 aromatic rings. The number of hydrogen-bond donors (Lipinski definition) is 2. The van der Waals surface area contributed by atoms with Gasteiger partial charge in [-0.3, -0.25) is 0 Å². The Morgan fingerprint density at radius 1 is 0.636 bits per heavy atom. The van der Waals surface area contributed by atoms with Crippen molar-refractivity contribution in [2.45, 2.75) is 0 Å². The smallest absolute Gasteiger partial charge is 0 e. The number of hydrogen-bond acceptors (Lipinski definition) is 6. The molecular formula is H2Mn2O8Zn. The summed E-state index contributed by atoms with van der Waals surface area (Å²) in [4.78, 5) is 0. The first-order valence-electron chi connectivity index (χ1n) is 1.26. The van der Waals surface area contributed by atoms with Crippen molar-refractivity contribution < 1.29 is 76.8 Å². The predicted molar refractivity (Wildman–Crippen MR) is 8.56 cm³/mol. The second-order valence-electron chi connectivity index (χ2n) is 0.792. The van der Waals surface area contributed by atoms with Gasteiger partial charge in [-0.1, -0.05) is 0 Å². The topological polar surface area (TPSA) is 143 Å². The van der Waals surface area contributed by atoms with Crippen LogP contribution in [-0.2, 0) is 68.4 Å². The zero-order valence-corrected chi connectivity index (χ0v) is 10.1.